The molecular weight excluding hydrogens is 360 g/mol. The van der Waals surface area contributed by atoms with Crippen molar-refractivity contribution in [3.8, 4) is 11.1 Å². The van der Waals surface area contributed by atoms with Crippen LogP contribution in [0.4, 0.5) is 0 Å². The van der Waals surface area contributed by atoms with Crippen molar-refractivity contribution in [2.75, 3.05) is 0 Å². The maximum Gasteiger partial charge on any atom is 0.257 e. The van der Waals surface area contributed by atoms with Crippen LogP contribution in [0, 0.1) is 0 Å². The first-order chi connectivity index (χ1) is 12.9. The zero-order valence-corrected chi connectivity index (χ0v) is 16.2. The number of amides is 1. The van der Waals surface area contributed by atoms with Crippen LogP contribution in [0.3, 0.4) is 0 Å². The molecule has 1 atom stereocenters. The van der Waals surface area contributed by atoms with Gasteiger partial charge in [0.2, 0.25) is 0 Å². The van der Waals surface area contributed by atoms with Gasteiger partial charge in [-0.2, -0.15) is 4.40 Å². The van der Waals surface area contributed by atoms with Gasteiger partial charge < -0.3 is 5.32 Å². The van der Waals surface area contributed by atoms with E-state index in [1.54, 1.807) is 24.7 Å². The van der Waals surface area contributed by atoms with Crippen LogP contribution in [0.2, 0.25) is 0 Å². The summed E-state index contributed by atoms with van der Waals surface area (Å²) >= 11 is 0. The Hall–Kier alpha value is -2.93. The number of fused-ring (bicyclic) bond motifs is 1. The summed E-state index contributed by atoms with van der Waals surface area (Å²) in [5, 5.41) is 3.32. The predicted octanol–water partition coefficient (Wildman–Crippen LogP) is 3.52. The molecule has 0 saturated heterocycles. The molecule has 0 saturated carbocycles. The Morgan fingerprint density at radius 1 is 1.07 bits per heavy atom. The molecule has 0 aliphatic carbocycles. The summed E-state index contributed by atoms with van der Waals surface area (Å²) in [5.74, 6) is -0.330. The lowest BCUT2D eigenvalue weighted by molar-refractivity contribution is 0.0980. The average molecular weight is 380 g/mol. The molecule has 1 aromatic carbocycles. The summed E-state index contributed by atoms with van der Waals surface area (Å²) in [5.41, 5.74) is 3.17. The molecule has 6 nitrogen and oxygen atoms in total. The fraction of sp³-hybridized carbons (Fsp3) is 0.200. The van der Waals surface area contributed by atoms with Gasteiger partial charge in [-0.15, -0.1) is 0 Å². The Bertz CT molecular complexity index is 1030. The van der Waals surface area contributed by atoms with E-state index in [4.69, 9.17) is 0 Å². The molecule has 3 rings (SSSR count). The van der Waals surface area contributed by atoms with Gasteiger partial charge in [0, 0.05) is 24.0 Å². The number of hydrogen-bond acceptors (Lipinski definition) is 4. The monoisotopic (exact) mass is 380 g/mol. The highest BCUT2D eigenvalue weighted by molar-refractivity contribution is 7.85. The van der Waals surface area contributed by atoms with Crippen molar-refractivity contribution in [1.29, 1.82) is 0 Å². The Balaban J connectivity index is 1.91. The summed E-state index contributed by atoms with van der Waals surface area (Å²) in [6.45, 7) is 5.46. The molecule has 1 N–H and O–H groups in total. The molecule has 0 fully saturated rings. The van der Waals surface area contributed by atoms with Crippen LogP contribution in [0.25, 0.3) is 22.0 Å². The molecule has 3 aromatic rings. The highest BCUT2D eigenvalue weighted by atomic mass is 32.2. The van der Waals surface area contributed by atoms with Crippen molar-refractivity contribution >= 4 is 34.1 Å². The lowest BCUT2D eigenvalue weighted by atomic mass is 10.0. The molecule has 0 aliphatic heterocycles. The molecular formula is C20H20N4O2S. The minimum Gasteiger partial charge on any atom is -0.312 e. The molecule has 2 heterocycles. The number of nitrogens with one attached hydrogen (secondary N) is 1. The zero-order chi connectivity index (χ0) is 19.4. The third-order valence-corrected chi connectivity index (χ3v) is 5.21. The second-order valence-corrected chi connectivity index (χ2v) is 8.83. The first-order valence-corrected chi connectivity index (χ1v) is 9.51. The molecule has 1 amide bonds. The van der Waals surface area contributed by atoms with Crippen molar-refractivity contribution in [3.05, 3.63) is 60.6 Å². The SMILES string of the molecule is CC(C)(C)S(=O)N=CNC(=O)c1ccnc2ccc(-c3ccncc3)cc12. The normalized spacial score (nSPS) is 13.0. The van der Waals surface area contributed by atoms with E-state index >= 15 is 0 Å². The molecule has 0 aliphatic rings. The second-order valence-electron chi connectivity index (χ2n) is 6.90. The van der Waals surface area contributed by atoms with Crippen molar-refractivity contribution in [3.63, 3.8) is 0 Å². The Morgan fingerprint density at radius 2 is 1.81 bits per heavy atom. The van der Waals surface area contributed by atoms with E-state index in [-0.39, 0.29) is 5.91 Å². The Morgan fingerprint density at radius 3 is 2.52 bits per heavy atom. The fourth-order valence-electron chi connectivity index (χ4n) is 2.44. The second kappa shape index (κ2) is 7.75. The topological polar surface area (TPSA) is 84.3 Å². The van der Waals surface area contributed by atoms with Gasteiger partial charge in [-0.05, 0) is 62.2 Å². The molecule has 2 aromatic heterocycles. The van der Waals surface area contributed by atoms with E-state index in [0.717, 1.165) is 22.0 Å². The highest BCUT2D eigenvalue weighted by Gasteiger charge is 2.18. The Labute approximate surface area is 160 Å². The van der Waals surface area contributed by atoms with Crippen molar-refractivity contribution in [2.45, 2.75) is 25.5 Å². The minimum absolute atomic E-state index is 0.330. The van der Waals surface area contributed by atoms with Crippen molar-refractivity contribution < 1.29 is 9.00 Å². The Kier molecular flexibility index (Phi) is 5.41. The van der Waals surface area contributed by atoms with Crippen LogP contribution >= 0.6 is 0 Å². The summed E-state index contributed by atoms with van der Waals surface area (Å²) in [6, 6.07) is 11.2. The van der Waals surface area contributed by atoms with E-state index in [2.05, 4.69) is 19.7 Å². The molecule has 0 radical (unpaired) electrons. The van der Waals surface area contributed by atoms with Gasteiger partial charge in [-0.25, -0.2) is 4.21 Å². The summed E-state index contributed by atoms with van der Waals surface area (Å²) < 4.78 is 15.4. The van der Waals surface area contributed by atoms with E-state index in [0.29, 0.717) is 5.56 Å². The number of hydrogen-bond donors (Lipinski definition) is 1. The lowest BCUT2D eigenvalue weighted by Crippen LogP contribution is -2.25. The van der Waals surface area contributed by atoms with Gasteiger partial charge >= 0.3 is 0 Å². The largest absolute Gasteiger partial charge is 0.312 e. The van der Waals surface area contributed by atoms with E-state index < -0.39 is 15.7 Å². The standard InChI is InChI=1S/C20H20N4O2S/c1-20(2,3)27(26)24-13-23-19(25)16-8-11-22-18-5-4-15(12-17(16)18)14-6-9-21-10-7-14/h4-13H,1-3H3,(H,23,24,25). The number of benzene rings is 1. The van der Waals surface area contributed by atoms with Gasteiger partial charge in [0.05, 0.1) is 15.8 Å². The molecule has 7 heteroatoms. The van der Waals surface area contributed by atoms with Crippen molar-refractivity contribution in [1.82, 2.24) is 15.3 Å². The van der Waals surface area contributed by atoms with Gasteiger partial charge in [-0.3, -0.25) is 14.8 Å². The number of aromatic nitrogens is 2. The van der Waals surface area contributed by atoms with Gasteiger partial charge in [0.25, 0.3) is 5.91 Å². The molecule has 0 bridgehead atoms. The van der Waals surface area contributed by atoms with E-state index in [1.165, 1.54) is 6.34 Å². The first-order valence-electron chi connectivity index (χ1n) is 8.41. The highest BCUT2D eigenvalue weighted by Crippen LogP contribution is 2.25. The van der Waals surface area contributed by atoms with Crippen molar-refractivity contribution in [2.24, 2.45) is 4.40 Å². The minimum atomic E-state index is -1.43. The quantitative estimate of drug-likeness (QED) is 0.554. The van der Waals surface area contributed by atoms with Crippen LogP contribution in [0.1, 0.15) is 31.1 Å². The van der Waals surface area contributed by atoms with Crippen LogP contribution < -0.4 is 5.32 Å². The van der Waals surface area contributed by atoms with Crippen LogP contribution in [-0.2, 0) is 11.0 Å². The molecule has 27 heavy (non-hydrogen) atoms. The number of carbonyl (C=O) groups is 1. The van der Waals surface area contributed by atoms with Gasteiger partial charge in [0.15, 0.2) is 0 Å². The average Bonchev–Trinajstić information content (AvgIpc) is 2.66. The first kappa shape index (κ1) is 18.8. The van der Waals surface area contributed by atoms with Gasteiger partial charge in [0.1, 0.15) is 17.3 Å². The maximum atomic E-state index is 12.6. The molecule has 0 spiro atoms. The number of pyridine rings is 2. The van der Waals surface area contributed by atoms with Crippen LogP contribution in [0.15, 0.2) is 59.4 Å². The van der Waals surface area contributed by atoms with Gasteiger partial charge in [-0.1, -0.05) is 6.07 Å². The lowest BCUT2D eigenvalue weighted by Gasteiger charge is -2.12. The summed E-state index contributed by atoms with van der Waals surface area (Å²) in [6.07, 6.45) is 6.24. The summed E-state index contributed by atoms with van der Waals surface area (Å²) in [7, 11) is -1.43. The third kappa shape index (κ3) is 4.43. The predicted molar refractivity (Wildman–Crippen MR) is 109 cm³/mol. The summed E-state index contributed by atoms with van der Waals surface area (Å²) in [4.78, 5) is 21.0. The van der Waals surface area contributed by atoms with Crippen LogP contribution in [-0.4, -0.2) is 31.2 Å². The molecule has 1 unspecified atom stereocenters. The number of rotatable bonds is 4. The van der Waals surface area contributed by atoms with E-state index in [9.17, 15) is 9.00 Å². The number of carbonyl (C=O) groups excluding carboxylic acids is 1. The zero-order valence-electron chi connectivity index (χ0n) is 15.3. The number of nitrogens with zero attached hydrogens (tertiary/aromatic N) is 3. The van der Waals surface area contributed by atoms with E-state index in [1.807, 2.05) is 51.1 Å². The van der Waals surface area contributed by atoms with Crippen LogP contribution in [0.5, 0.6) is 0 Å². The third-order valence-electron chi connectivity index (χ3n) is 3.87. The smallest absolute Gasteiger partial charge is 0.257 e. The maximum absolute atomic E-state index is 12.6. The fourth-order valence-corrected chi connectivity index (χ4v) is 2.90. The molecule has 138 valence electrons.